The standard InChI is InChI=1S/C15H19NO3/c17-14(19-9-13-4-2-1-3-5-13)8-16-7-6-15(10-16)11-18-12-15/h1-5H,6-12H2. The highest BCUT2D eigenvalue weighted by Gasteiger charge is 2.44. The number of nitrogens with zero attached hydrogens (tertiary/aromatic N) is 1. The minimum absolute atomic E-state index is 0.138. The van der Waals surface area contributed by atoms with Crippen LogP contribution in [0.2, 0.25) is 0 Å². The maximum Gasteiger partial charge on any atom is 0.320 e. The van der Waals surface area contributed by atoms with Crippen LogP contribution in [0.1, 0.15) is 12.0 Å². The molecule has 2 aliphatic heterocycles. The second-order valence-corrected chi connectivity index (χ2v) is 5.60. The van der Waals surface area contributed by atoms with Crippen molar-refractivity contribution in [2.75, 3.05) is 32.8 Å². The summed E-state index contributed by atoms with van der Waals surface area (Å²) in [4.78, 5) is 14.0. The molecule has 0 unspecified atom stereocenters. The molecule has 0 aliphatic carbocycles. The summed E-state index contributed by atoms with van der Waals surface area (Å²) in [6.07, 6.45) is 1.14. The minimum Gasteiger partial charge on any atom is -0.460 e. The summed E-state index contributed by atoms with van der Waals surface area (Å²) in [5.41, 5.74) is 1.36. The average Bonchev–Trinajstić information content (AvgIpc) is 2.82. The molecule has 2 heterocycles. The molecule has 2 saturated heterocycles. The first-order valence-electron chi connectivity index (χ1n) is 6.75. The molecule has 0 atom stereocenters. The van der Waals surface area contributed by atoms with E-state index < -0.39 is 0 Å². The SMILES string of the molecule is O=C(CN1CCC2(COC2)C1)OCc1ccccc1. The summed E-state index contributed by atoms with van der Waals surface area (Å²) in [5.74, 6) is -0.138. The van der Waals surface area contributed by atoms with E-state index in [0.29, 0.717) is 18.6 Å². The third-order valence-corrected chi connectivity index (χ3v) is 3.93. The molecule has 1 spiro atoms. The zero-order valence-corrected chi connectivity index (χ0v) is 11.0. The molecular formula is C15H19NO3. The summed E-state index contributed by atoms with van der Waals surface area (Å²) in [6.45, 7) is 4.40. The van der Waals surface area contributed by atoms with E-state index in [0.717, 1.165) is 38.3 Å². The molecule has 102 valence electrons. The molecule has 2 fully saturated rings. The fraction of sp³-hybridized carbons (Fsp3) is 0.533. The van der Waals surface area contributed by atoms with Crippen molar-refractivity contribution >= 4 is 5.97 Å². The van der Waals surface area contributed by atoms with Crippen molar-refractivity contribution < 1.29 is 14.3 Å². The van der Waals surface area contributed by atoms with Gasteiger partial charge in [-0.2, -0.15) is 0 Å². The first kappa shape index (κ1) is 12.6. The predicted molar refractivity (Wildman–Crippen MR) is 70.5 cm³/mol. The highest BCUT2D eigenvalue weighted by molar-refractivity contribution is 5.71. The van der Waals surface area contributed by atoms with Crippen LogP contribution in [-0.4, -0.2) is 43.7 Å². The Bertz CT molecular complexity index is 442. The van der Waals surface area contributed by atoms with E-state index >= 15 is 0 Å². The van der Waals surface area contributed by atoms with Gasteiger partial charge in [-0.1, -0.05) is 30.3 Å². The number of ether oxygens (including phenoxy) is 2. The van der Waals surface area contributed by atoms with Gasteiger partial charge >= 0.3 is 5.97 Å². The summed E-state index contributed by atoms with van der Waals surface area (Å²) < 4.78 is 10.6. The first-order valence-corrected chi connectivity index (χ1v) is 6.75. The fourth-order valence-corrected chi connectivity index (χ4v) is 2.76. The van der Waals surface area contributed by atoms with Gasteiger partial charge in [0.1, 0.15) is 6.61 Å². The summed E-state index contributed by atoms with van der Waals surface area (Å²) in [7, 11) is 0. The number of likely N-dealkylation sites (tertiary alicyclic amines) is 1. The van der Waals surface area contributed by atoms with Crippen molar-refractivity contribution in [1.29, 1.82) is 0 Å². The predicted octanol–water partition coefficient (Wildman–Crippen LogP) is 1.45. The van der Waals surface area contributed by atoms with Crippen LogP contribution in [0, 0.1) is 5.41 Å². The Balaban J connectivity index is 1.42. The largest absolute Gasteiger partial charge is 0.460 e. The fourth-order valence-electron chi connectivity index (χ4n) is 2.76. The smallest absolute Gasteiger partial charge is 0.320 e. The number of hydrogen-bond acceptors (Lipinski definition) is 4. The third kappa shape index (κ3) is 2.96. The molecule has 0 N–H and O–H groups in total. The van der Waals surface area contributed by atoms with E-state index in [9.17, 15) is 4.79 Å². The zero-order valence-electron chi connectivity index (χ0n) is 11.0. The van der Waals surface area contributed by atoms with Crippen LogP contribution in [0.5, 0.6) is 0 Å². The molecule has 0 aromatic heterocycles. The van der Waals surface area contributed by atoms with Gasteiger partial charge in [0.25, 0.3) is 0 Å². The van der Waals surface area contributed by atoms with Crippen LogP contribution in [0.3, 0.4) is 0 Å². The van der Waals surface area contributed by atoms with Gasteiger partial charge in [-0.15, -0.1) is 0 Å². The molecule has 2 aliphatic rings. The van der Waals surface area contributed by atoms with Crippen molar-refractivity contribution in [3.63, 3.8) is 0 Å². The van der Waals surface area contributed by atoms with E-state index in [-0.39, 0.29) is 5.97 Å². The summed E-state index contributed by atoms with van der Waals surface area (Å²) >= 11 is 0. The molecule has 0 amide bonds. The van der Waals surface area contributed by atoms with Crippen LogP contribution in [0.15, 0.2) is 30.3 Å². The van der Waals surface area contributed by atoms with Crippen LogP contribution < -0.4 is 0 Å². The number of hydrogen-bond donors (Lipinski definition) is 0. The second kappa shape index (κ2) is 5.31. The molecule has 4 heteroatoms. The Morgan fingerprint density at radius 3 is 2.74 bits per heavy atom. The molecule has 1 aromatic carbocycles. The number of carbonyl (C=O) groups excluding carboxylic acids is 1. The molecule has 19 heavy (non-hydrogen) atoms. The van der Waals surface area contributed by atoms with Crippen LogP contribution >= 0.6 is 0 Å². The van der Waals surface area contributed by atoms with Crippen LogP contribution in [-0.2, 0) is 20.9 Å². The number of carbonyl (C=O) groups is 1. The normalized spacial score (nSPS) is 21.3. The number of benzene rings is 1. The lowest BCUT2D eigenvalue weighted by molar-refractivity contribution is -0.146. The molecule has 0 radical (unpaired) electrons. The van der Waals surface area contributed by atoms with Gasteiger partial charge in [0.05, 0.1) is 19.8 Å². The topological polar surface area (TPSA) is 38.8 Å². The summed E-state index contributed by atoms with van der Waals surface area (Å²) in [5, 5.41) is 0. The molecule has 1 aromatic rings. The van der Waals surface area contributed by atoms with Gasteiger partial charge in [-0.25, -0.2) is 0 Å². The highest BCUT2D eigenvalue weighted by Crippen LogP contribution is 2.37. The van der Waals surface area contributed by atoms with Crippen LogP contribution in [0.4, 0.5) is 0 Å². The van der Waals surface area contributed by atoms with Gasteiger partial charge in [0.15, 0.2) is 0 Å². The lowest BCUT2D eigenvalue weighted by Gasteiger charge is -2.37. The molecule has 3 rings (SSSR count). The van der Waals surface area contributed by atoms with E-state index in [4.69, 9.17) is 9.47 Å². The van der Waals surface area contributed by atoms with Gasteiger partial charge in [0, 0.05) is 12.0 Å². The number of esters is 1. The van der Waals surface area contributed by atoms with Crippen LogP contribution in [0.25, 0.3) is 0 Å². The molecular weight excluding hydrogens is 242 g/mol. The molecule has 0 bridgehead atoms. The lowest BCUT2D eigenvalue weighted by atomic mass is 9.85. The van der Waals surface area contributed by atoms with Crippen molar-refractivity contribution in [2.45, 2.75) is 13.0 Å². The monoisotopic (exact) mass is 261 g/mol. The highest BCUT2D eigenvalue weighted by atomic mass is 16.5. The third-order valence-electron chi connectivity index (χ3n) is 3.93. The van der Waals surface area contributed by atoms with E-state index in [1.54, 1.807) is 0 Å². The zero-order chi connectivity index (χ0) is 13.1. The van der Waals surface area contributed by atoms with Crippen molar-refractivity contribution in [1.82, 2.24) is 4.90 Å². The second-order valence-electron chi connectivity index (χ2n) is 5.60. The maximum absolute atomic E-state index is 11.8. The number of rotatable bonds is 4. The van der Waals surface area contributed by atoms with Crippen molar-refractivity contribution in [3.05, 3.63) is 35.9 Å². The average molecular weight is 261 g/mol. The Morgan fingerprint density at radius 2 is 2.11 bits per heavy atom. The Labute approximate surface area is 113 Å². The van der Waals surface area contributed by atoms with Gasteiger partial charge in [0.2, 0.25) is 0 Å². The maximum atomic E-state index is 11.8. The Hall–Kier alpha value is -1.39. The quantitative estimate of drug-likeness (QED) is 0.769. The molecule has 4 nitrogen and oxygen atoms in total. The van der Waals surface area contributed by atoms with Gasteiger partial charge < -0.3 is 9.47 Å². The van der Waals surface area contributed by atoms with Gasteiger partial charge in [-0.05, 0) is 18.5 Å². The summed E-state index contributed by atoms with van der Waals surface area (Å²) in [6, 6.07) is 9.78. The first-order chi connectivity index (χ1) is 9.26. The van der Waals surface area contributed by atoms with E-state index in [2.05, 4.69) is 4.90 Å². The van der Waals surface area contributed by atoms with E-state index in [1.807, 2.05) is 30.3 Å². The Kier molecular flexibility index (Phi) is 3.53. The lowest BCUT2D eigenvalue weighted by Crippen LogP contribution is -2.45. The molecule has 0 saturated carbocycles. The van der Waals surface area contributed by atoms with E-state index in [1.165, 1.54) is 0 Å². The minimum atomic E-state index is -0.138. The van der Waals surface area contributed by atoms with Crippen molar-refractivity contribution in [2.24, 2.45) is 5.41 Å². The van der Waals surface area contributed by atoms with Gasteiger partial charge in [-0.3, -0.25) is 9.69 Å². The Morgan fingerprint density at radius 1 is 1.32 bits per heavy atom. The van der Waals surface area contributed by atoms with Crippen molar-refractivity contribution in [3.8, 4) is 0 Å².